The lowest BCUT2D eigenvalue weighted by atomic mass is 10.3. The number of nitrogens with zero attached hydrogens (tertiary/aromatic N) is 5. The molecule has 0 unspecified atom stereocenters. The largest absolute Gasteiger partial charge is 0.385 e. The first kappa shape index (κ1) is 19.6. The number of rotatable bonds is 5. The first-order chi connectivity index (χ1) is 13.9. The van der Waals surface area contributed by atoms with E-state index in [4.69, 9.17) is 16.4 Å². The predicted octanol–water partition coefficient (Wildman–Crippen LogP) is 1.05. The van der Waals surface area contributed by atoms with Crippen LogP contribution in [0.1, 0.15) is 0 Å². The van der Waals surface area contributed by atoms with Crippen LogP contribution >= 0.6 is 11.6 Å². The number of sulfonamides is 1. The molecule has 0 aliphatic carbocycles. The average molecular weight is 436 g/mol. The molecule has 11 heteroatoms. The fourth-order valence-corrected chi connectivity index (χ4v) is 4.70. The summed E-state index contributed by atoms with van der Waals surface area (Å²) in [7, 11) is -3.56. The molecule has 0 atom stereocenters. The van der Waals surface area contributed by atoms with Crippen LogP contribution in [0.5, 0.6) is 0 Å². The molecule has 0 bridgehead atoms. The number of hydrogen-bond acceptors (Lipinski definition) is 6. The Balaban J connectivity index is 1.35. The molecule has 0 saturated carbocycles. The van der Waals surface area contributed by atoms with Gasteiger partial charge >= 0.3 is 0 Å². The molecule has 1 aromatic heterocycles. The summed E-state index contributed by atoms with van der Waals surface area (Å²) in [5.74, 6) is -0.257. The molecule has 1 saturated heterocycles. The van der Waals surface area contributed by atoms with Crippen molar-refractivity contribution in [3.63, 3.8) is 0 Å². The molecule has 1 fully saturated rings. The lowest BCUT2D eigenvalue weighted by Crippen LogP contribution is -2.51. The van der Waals surface area contributed by atoms with Crippen LogP contribution in [0.25, 0.3) is 11.0 Å². The van der Waals surface area contributed by atoms with Crippen LogP contribution < -0.4 is 4.84 Å². The van der Waals surface area contributed by atoms with Crippen LogP contribution in [-0.4, -0.2) is 71.5 Å². The molecule has 1 aliphatic heterocycles. The quantitative estimate of drug-likeness (QED) is 0.594. The second-order valence-electron chi connectivity index (χ2n) is 6.47. The Hall–Kier alpha value is -2.69. The molecule has 0 N–H and O–H groups in total. The highest BCUT2D eigenvalue weighted by molar-refractivity contribution is 7.89. The van der Waals surface area contributed by atoms with Gasteiger partial charge in [0.1, 0.15) is 11.0 Å². The minimum absolute atomic E-state index is 0.227. The molecule has 1 amide bonds. The molecular weight excluding hydrogens is 418 g/mol. The Morgan fingerprint density at radius 3 is 2.52 bits per heavy atom. The second kappa shape index (κ2) is 7.97. The smallest absolute Gasteiger partial charge is 0.263 e. The van der Waals surface area contributed by atoms with Gasteiger partial charge in [-0.05, 0) is 35.5 Å². The van der Waals surface area contributed by atoms with E-state index >= 15 is 0 Å². The fourth-order valence-electron chi connectivity index (χ4n) is 3.09. The number of hydrogen-bond donors (Lipinski definition) is 0. The van der Waals surface area contributed by atoms with E-state index in [2.05, 4.69) is 10.3 Å². The normalized spacial score (nSPS) is 15.6. The summed E-state index contributed by atoms with van der Waals surface area (Å²) >= 11 is 5.97. The first-order valence-corrected chi connectivity index (χ1v) is 10.7. The molecule has 1 aliphatic rings. The van der Waals surface area contributed by atoms with Crippen LogP contribution in [-0.2, 0) is 14.8 Å². The van der Waals surface area contributed by atoms with Gasteiger partial charge in [0.15, 0.2) is 6.61 Å². The molecule has 0 radical (unpaired) electrons. The predicted molar refractivity (Wildman–Crippen MR) is 106 cm³/mol. The van der Waals surface area contributed by atoms with Crippen LogP contribution in [0.4, 0.5) is 0 Å². The molecule has 0 spiro atoms. The number of halogens is 1. The topological polar surface area (TPSA) is 97.6 Å². The zero-order valence-corrected chi connectivity index (χ0v) is 16.9. The monoisotopic (exact) mass is 435 g/mol. The van der Waals surface area contributed by atoms with Crippen molar-refractivity contribution in [1.29, 1.82) is 0 Å². The first-order valence-electron chi connectivity index (χ1n) is 8.92. The zero-order chi connectivity index (χ0) is 20.4. The van der Waals surface area contributed by atoms with Crippen molar-refractivity contribution >= 4 is 38.6 Å². The summed E-state index contributed by atoms with van der Waals surface area (Å²) in [5.41, 5.74) is 1.16. The van der Waals surface area contributed by atoms with Crippen molar-refractivity contribution in [2.45, 2.75) is 4.90 Å². The van der Waals surface area contributed by atoms with E-state index in [1.165, 1.54) is 4.31 Å². The van der Waals surface area contributed by atoms with Crippen molar-refractivity contribution in [2.24, 2.45) is 0 Å². The highest BCUT2D eigenvalue weighted by Gasteiger charge is 2.30. The van der Waals surface area contributed by atoms with Gasteiger partial charge in [-0.1, -0.05) is 34.6 Å². The Kier molecular flexibility index (Phi) is 5.39. The van der Waals surface area contributed by atoms with Gasteiger partial charge in [-0.15, -0.1) is 5.10 Å². The van der Waals surface area contributed by atoms with Gasteiger partial charge < -0.3 is 9.74 Å². The van der Waals surface area contributed by atoms with Crippen molar-refractivity contribution < 1.29 is 18.0 Å². The van der Waals surface area contributed by atoms with Crippen LogP contribution in [0.2, 0.25) is 5.02 Å². The Bertz CT molecular complexity index is 1130. The van der Waals surface area contributed by atoms with Crippen LogP contribution in [0, 0.1) is 0 Å². The van der Waals surface area contributed by atoms with Crippen LogP contribution in [0.15, 0.2) is 53.4 Å². The van der Waals surface area contributed by atoms with E-state index in [0.29, 0.717) is 16.1 Å². The number of amides is 1. The lowest BCUT2D eigenvalue weighted by Gasteiger charge is -2.33. The maximum atomic E-state index is 12.7. The van der Waals surface area contributed by atoms with Gasteiger partial charge in [0.05, 0.1) is 4.90 Å². The third-order valence-corrected chi connectivity index (χ3v) is 6.81. The van der Waals surface area contributed by atoms with Crippen LogP contribution in [0.3, 0.4) is 0 Å². The maximum Gasteiger partial charge on any atom is 0.263 e. The third-order valence-electron chi connectivity index (χ3n) is 4.66. The van der Waals surface area contributed by atoms with E-state index < -0.39 is 10.0 Å². The van der Waals surface area contributed by atoms with Gasteiger partial charge in [-0.2, -0.15) is 4.31 Å². The van der Waals surface area contributed by atoms with Crippen molar-refractivity contribution in [3.8, 4) is 0 Å². The Morgan fingerprint density at radius 1 is 1.07 bits per heavy atom. The zero-order valence-electron chi connectivity index (χ0n) is 15.3. The van der Waals surface area contributed by atoms with Gasteiger partial charge in [0.25, 0.3) is 5.91 Å². The molecular formula is C18H18ClN5O4S. The minimum atomic E-state index is -3.56. The third kappa shape index (κ3) is 4.04. The standard InChI is InChI=1S/C18H18ClN5O4S/c19-14-6-7-16-17(12-14)24(21-20-16)28-13-18(25)22-8-10-23(11-9-22)29(26,27)15-4-2-1-3-5-15/h1-7,12H,8-11,13H2. The fraction of sp³-hybridized carbons (Fsp3) is 0.278. The van der Waals surface area contributed by atoms with E-state index in [1.807, 2.05) is 0 Å². The Morgan fingerprint density at radius 2 is 1.79 bits per heavy atom. The summed E-state index contributed by atoms with van der Waals surface area (Å²) in [4.78, 5) is 20.9. The highest BCUT2D eigenvalue weighted by atomic mass is 35.5. The van der Waals surface area contributed by atoms with E-state index in [1.54, 1.807) is 53.4 Å². The van der Waals surface area contributed by atoms with Crippen molar-refractivity contribution in [3.05, 3.63) is 53.6 Å². The van der Waals surface area contributed by atoms with E-state index in [0.717, 1.165) is 4.85 Å². The lowest BCUT2D eigenvalue weighted by molar-refractivity contribution is -0.137. The number of fused-ring (bicyclic) bond motifs is 1. The van der Waals surface area contributed by atoms with Gasteiger partial charge in [-0.25, -0.2) is 8.42 Å². The molecule has 2 aromatic carbocycles. The Labute approximate surface area is 172 Å². The summed E-state index contributed by atoms with van der Waals surface area (Å²) < 4.78 is 26.7. The SMILES string of the molecule is O=C(COn1nnc2ccc(Cl)cc21)N1CCN(S(=O)(=O)c2ccccc2)CC1. The molecule has 152 valence electrons. The van der Waals surface area contributed by atoms with Gasteiger partial charge in [0, 0.05) is 31.2 Å². The number of carbonyl (C=O) groups excluding carboxylic acids is 1. The molecule has 2 heterocycles. The highest BCUT2D eigenvalue weighted by Crippen LogP contribution is 2.18. The van der Waals surface area contributed by atoms with Gasteiger partial charge in [-0.3, -0.25) is 4.79 Å². The van der Waals surface area contributed by atoms with E-state index in [9.17, 15) is 13.2 Å². The molecule has 4 rings (SSSR count). The number of piperazine rings is 1. The molecule has 3 aromatic rings. The van der Waals surface area contributed by atoms with E-state index in [-0.39, 0.29) is 43.6 Å². The summed E-state index contributed by atoms with van der Waals surface area (Å²) in [6.45, 7) is 0.794. The average Bonchev–Trinajstić information content (AvgIpc) is 3.14. The van der Waals surface area contributed by atoms with Crippen molar-refractivity contribution in [2.75, 3.05) is 32.8 Å². The van der Waals surface area contributed by atoms with Crippen molar-refractivity contribution in [1.82, 2.24) is 24.4 Å². The number of aromatic nitrogens is 3. The minimum Gasteiger partial charge on any atom is -0.385 e. The summed E-state index contributed by atoms with van der Waals surface area (Å²) in [6, 6.07) is 13.3. The summed E-state index contributed by atoms with van der Waals surface area (Å²) in [5, 5.41) is 8.31. The molecule has 29 heavy (non-hydrogen) atoms. The second-order valence-corrected chi connectivity index (χ2v) is 8.84. The van der Waals surface area contributed by atoms with Gasteiger partial charge in [0.2, 0.25) is 10.0 Å². The number of carbonyl (C=O) groups is 1. The summed E-state index contributed by atoms with van der Waals surface area (Å²) in [6.07, 6.45) is 0. The number of benzene rings is 2. The maximum absolute atomic E-state index is 12.7. The molecule has 9 nitrogen and oxygen atoms in total.